The number of carboxylic acid groups (broad SMARTS) is 2. The van der Waals surface area contributed by atoms with Gasteiger partial charge in [0.1, 0.15) is 10.5 Å². The molecule has 63 heavy (non-hydrogen) atoms. The number of nitrogens with zero attached hydrogens (tertiary/aromatic N) is 4. The average Bonchev–Trinajstić information content (AvgIpc) is 4.03. The minimum absolute atomic E-state index is 0.0324. The van der Waals surface area contributed by atoms with Crippen molar-refractivity contribution in [2.75, 3.05) is 35.0 Å². The number of rotatable bonds is 12. The van der Waals surface area contributed by atoms with Crippen LogP contribution in [-0.2, 0) is 38.4 Å². The van der Waals surface area contributed by atoms with Gasteiger partial charge in [-0.3, -0.25) is 14.3 Å². The molecule has 2 aliphatic rings. The van der Waals surface area contributed by atoms with Gasteiger partial charge in [0, 0.05) is 64.7 Å². The van der Waals surface area contributed by atoms with Crippen molar-refractivity contribution < 1.29 is 36.6 Å². The largest absolute Gasteiger partial charge is 0.465 e. The van der Waals surface area contributed by atoms with E-state index in [2.05, 4.69) is 9.44 Å². The molecule has 2 aliphatic heterocycles. The fraction of sp³-hybridized carbons (Fsp3) is 0.289. The lowest BCUT2D eigenvalue weighted by atomic mass is 9.85. The first-order chi connectivity index (χ1) is 30.1. The third-order valence-corrected chi connectivity index (χ3v) is 14.3. The Hall–Kier alpha value is -5.82. The molecule has 0 spiro atoms. The first-order valence-corrected chi connectivity index (χ1v) is 25.8. The number of piperidine rings is 1. The van der Waals surface area contributed by atoms with Crippen LogP contribution >= 0.6 is 22.7 Å². The Labute approximate surface area is 375 Å². The van der Waals surface area contributed by atoms with Gasteiger partial charge in [0.15, 0.2) is 0 Å². The molecule has 2 amide bonds. The molecule has 2 aromatic heterocycles. The van der Waals surface area contributed by atoms with Crippen LogP contribution in [0.5, 0.6) is 0 Å². The highest BCUT2D eigenvalue weighted by Crippen LogP contribution is 2.44. The number of hydrogen-bond donors (Lipinski definition) is 4. The van der Waals surface area contributed by atoms with Crippen LogP contribution < -0.4 is 9.44 Å². The molecule has 0 saturated carbocycles. The monoisotopic (exact) mass is 928 g/mol. The summed E-state index contributed by atoms with van der Waals surface area (Å²) in [6, 6.07) is 33.8. The summed E-state index contributed by atoms with van der Waals surface area (Å²) in [6.07, 6.45) is 4.85. The van der Waals surface area contributed by atoms with Crippen molar-refractivity contribution in [3.8, 4) is 22.5 Å². The van der Waals surface area contributed by atoms with Crippen molar-refractivity contribution in [2.24, 2.45) is 0 Å². The topological polar surface area (TPSA) is 199 Å². The summed E-state index contributed by atoms with van der Waals surface area (Å²) >= 11 is 3.02. The molecule has 0 radical (unpaired) electrons. The fourth-order valence-electron chi connectivity index (χ4n) is 8.32. The predicted molar refractivity (Wildman–Crippen MR) is 248 cm³/mol. The van der Waals surface area contributed by atoms with Crippen molar-refractivity contribution in [2.45, 2.75) is 56.0 Å². The number of sulfonamides is 2. The van der Waals surface area contributed by atoms with Gasteiger partial charge in [0.25, 0.3) is 0 Å². The minimum atomic E-state index is -3.34. The normalized spacial score (nSPS) is 18.9. The summed E-state index contributed by atoms with van der Waals surface area (Å²) in [5.74, 6) is 0.0324. The Morgan fingerprint density at radius 3 is 1.78 bits per heavy atom. The molecule has 4 heterocycles. The highest BCUT2D eigenvalue weighted by atomic mass is 32.2. The maximum Gasteiger partial charge on any atom is 0.408 e. The van der Waals surface area contributed by atoms with Crippen molar-refractivity contribution >= 4 is 66.3 Å². The zero-order valence-electron chi connectivity index (χ0n) is 34.6. The molecule has 3 atom stereocenters. The van der Waals surface area contributed by atoms with E-state index in [4.69, 9.17) is 9.97 Å². The summed E-state index contributed by atoms with van der Waals surface area (Å²) in [4.78, 5) is 36.8. The molecule has 8 rings (SSSR count). The molecule has 0 aliphatic carbocycles. The number of thiazole rings is 2. The van der Waals surface area contributed by atoms with E-state index in [0.29, 0.717) is 37.3 Å². The van der Waals surface area contributed by atoms with Gasteiger partial charge in [-0.1, -0.05) is 84.9 Å². The van der Waals surface area contributed by atoms with E-state index in [1.54, 1.807) is 52.6 Å². The van der Waals surface area contributed by atoms with Crippen LogP contribution in [0, 0.1) is 0 Å². The van der Waals surface area contributed by atoms with Gasteiger partial charge in [-0.05, 0) is 67.5 Å². The molecule has 2 saturated heterocycles. The summed E-state index contributed by atoms with van der Waals surface area (Å²) in [5, 5.41) is 25.3. The Balaban J connectivity index is 0.000000189. The predicted octanol–water partition coefficient (Wildman–Crippen LogP) is 9.04. The van der Waals surface area contributed by atoms with E-state index in [0.717, 1.165) is 81.9 Å². The molecular formula is C45H48N6O8S4. The van der Waals surface area contributed by atoms with Crippen LogP contribution in [0.3, 0.4) is 0 Å². The standard InChI is InChI=1S/C23H25N3O4S2.C22H23N3O4S2/c1-32(29,30)25-18-11-9-17(10-12-18)20-15-31-22(24-20)19-8-5-13-26(23(27)28)21(19)14-16-6-3-2-4-7-16;1-31(28,29)24-18-10-8-17(9-11-18)19-15-30-20(23-19)22(12-5-13-25(22)21(26)27)14-16-6-3-2-4-7-16/h2-4,6-7,9-12,15,19,21,25H,5,8,13-14H2,1H3,(H,27,28);2-4,6-11,15,24H,5,12-14H2,1H3,(H,26,27)/t;22-/m.1/s1. The molecule has 18 heteroatoms. The highest BCUT2D eigenvalue weighted by molar-refractivity contribution is 7.92. The number of anilines is 2. The molecular weight excluding hydrogens is 881 g/mol. The lowest BCUT2D eigenvalue weighted by Crippen LogP contribution is -2.48. The zero-order valence-corrected chi connectivity index (χ0v) is 37.9. The van der Waals surface area contributed by atoms with Gasteiger partial charge < -0.3 is 15.1 Å². The second kappa shape index (κ2) is 19.3. The number of hydrogen-bond acceptors (Lipinski definition) is 10. The van der Waals surface area contributed by atoms with Gasteiger partial charge in [-0.2, -0.15) is 0 Å². The Kier molecular flexibility index (Phi) is 13.8. The lowest BCUT2D eigenvalue weighted by Gasteiger charge is -2.39. The first kappa shape index (κ1) is 45.2. The lowest BCUT2D eigenvalue weighted by molar-refractivity contribution is 0.0962. The van der Waals surface area contributed by atoms with E-state index in [9.17, 15) is 36.6 Å². The maximum atomic E-state index is 12.1. The second-order valence-electron chi connectivity index (χ2n) is 15.7. The molecule has 4 N–H and O–H groups in total. The van der Waals surface area contributed by atoms with Crippen LogP contribution in [0.2, 0.25) is 0 Å². The van der Waals surface area contributed by atoms with E-state index in [1.165, 1.54) is 16.2 Å². The number of carbonyl (C=O) groups is 2. The van der Waals surface area contributed by atoms with Gasteiger partial charge in [0.05, 0.1) is 28.9 Å². The molecule has 6 aromatic rings. The maximum absolute atomic E-state index is 12.1. The van der Waals surface area contributed by atoms with Crippen molar-refractivity contribution in [1.82, 2.24) is 19.8 Å². The Bertz CT molecular complexity index is 2730. The Morgan fingerprint density at radius 2 is 1.24 bits per heavy atom. The van der Waals surface area contributed by atoms with Gasteiger partial charge in [-0.15, -0.1) is 22.7 Å². The SMILES string of the molecule is CS(=O)(=O)Nc1ccc(-c2csc(C3CCCN(C(=O)O)C3Cc3ccccc3)n2)cc1.CS(=O)(=O)Nc1ccc(-c2csc([C@]3(Cc4ccccc4)CCCN3C(=O)O)n2)cc1. The van der Waals surface area contributed by atoms with E-state index < -0.39 is 37.8 Å². The average molecular weight is 929 g/mol. The number of amides is 2. The number of nitrogens with one attached hydrogen (secondary N) is 2. The summed E-state index contributed by atoms with van der Waals surface area (Å²) in [5.41, 5.74) is 5.76. The molecule has 2 unspecified atom stereocenters. The van der Waals surface area contributed by atoms with E-state index in [1.807, 2.05) is 83.6 Å². The minimum Gasteiger partial charge on any atom is -0.465 e. The summed E-state index contributed by atoms with van der Waals surface area (Å²) in [6.45, 7) is 1.03. The van der Waals surface area contributed by atoms with Crippen LogP contribution in [0.1, 0.15) is 52.7 Å². The molecule has 330 valence electrons. The van der Waals surface area contributed by atoms with E-state index >= 15 is 0 Å². The summed E-state index contributed by atoms with van der Waals surface area (Å²) in [7, 11) is -6.66. The number of likely N-dealkylation sites (tertiary alicyclic amines) is 2. The molecule has 0 bridgehead atoms. The van der Waals surface area contributed by atoms with Crippen molar-refractivity contribution in [1.29, 1.82) is 0 Å². The van der Waals surface area contributed by atoms with Crippen LogP contribution in [-0.4, -0.2) is 90.6 Å². The third-order valence-electron chi connectivity index (χ3n) is 11.1. The van der Waals surface area contributed by atoms with Crippen LogP contribution in [0.15, 0.2) is 120 Å². The van der Waals surface area contributed by atoms with Crippen LogP contribution in [0.25, 0.3) is 22.5 Å². The number of aromatic nitrogens is 2. The van der Waals surface area contributed by atoms with Gasteiger partial charge >= 0.3 is 12.2 Å². The zero-order chi connectivity index (χ0) is 44.8. The van der Waals surface area contributed by atoms with Crippen molar-refractivity contribution in [3.63, 3.8) is 0 Å². The van der Waals surface area contributed by atoms with Crippen molar-refractivity contribution in [3.05, 3.63) is 141 Å². The van der Waals surface area contributed by atoms with Crippen LogP contribution in [0.4, 0.5) is 21.0 Å². The quantitative estimate of drug-likeness (QED) is 0.0918. The Morgan fingerprint density at radius 1 is 0.698 bits per heavy atom. The van der Waals surface area contributed by atoms with Gasteiger partial charge in [0.2, 0.25) is 20.0 Å². The smallest absolute Gasteiger partial charge is 0.408 e. The third kappa shape index (κ3) is 11.4. The second-order valence-corrected chi connectivity index (χ2v) is 21.0. The fourth-order valence-corrected chi connectivity index (χ4v) is 11.5. The van der Waals surface area contributed by atoms with Gasteiger partial charge in [-0.25, -0.2) is 36.4 Å². The highest BCUT2D eigenvalue weighted by Gasteiger charge is 2.47. The number of benzene rings is 4. The summed E-state index contributed by atoms with van der Waals surface area (Å²) < 4.78 is 50.5. The first-order valence-electron chi connectivity index (χ1n) is 20.2. The van der Waals surface area contributed by atoms with E-state index in [-0.39, 0.29) is 12.0 Å². The molecule has 2 fully saturated rings. The molecule has 4 aromatic carbocycles. The molecule has 14 nitrogen and oxygen atoms in total.